The molecule has 0 bridgehead atoms. The van der Waals surface area contributed by atoms with E-state index >= 15 is 0 Å². The van der Waals surface area contributed by atoms with Crippen molar-refractivity contribution in [3.63, 3.8) is 0 Å². The van der Waals surface area contributed by atoms with Gasteiger partial charge < -0.3 is 0 Å². The molecule has 2 aromatic heterocycles. The Morgan fingerprint density at radius 1 is 1.12 bits per heavy atom. The third-order valence-corrected chi connectivity index (χ3v) is 4.56. The standard InChI is InChI=1S/C17H21N5O2S/c1-11(2)16-19-17(12(3)21-25(4,23)24)22(20-16)14-9-5-7-13-8-6-10-18-15(13)14/h5-12,21H,1-4H3. The van der Waals surface area contributed by atoms with E-state index in [-0.39, 0.29) is 5.92 Å². The van der Waals surface area contributed by atoms with Crippen molar-refractivity contribution in [3.8, 4) is 5.69 Å². The van der Waals surface area contributed by atoms with Crippen molar-refractivity contribution in [3.05, 3.63) is 48.2 Å². The molecule has 1 atom stereocenters. The molecule has 8 heteroatoms. The van der Waals surface area contributed by atoms with Crippen LogP contribution in [0.2, 0.25) is 0 Å². The smallest absolute Gasteiger partial charge is 0.209 e. The minimum absolute atomic E-state index is 0.119. The van der Waals surface area contributed by atoms with Crippen LogP contribution in [0.4, 0.5) is 0 Å². The van der Waals surface area contributed by atoms with Gasteiger partial charge in [-0.2, -0.15) is 5.10 Å². The second-order valence-corrected chi connectivity index (χ2v) is 8.14. The van der Waals surface area contributed by atoms with Crippen LogP contribution in [0, 0.1) is 0 Å². The summed E-state index contributed by atoms with van der Waals surface area (Å²) in [5.74, 6) is 1.31. The number of pyridine rings is 1. The molecule has 7 nitrogen and oxygen atoms in total. The molecule has 3 aromatic rings. The molecule has 3 rings (SSSR count). The van der Waals surface area contributed by atoms with Gasteiger partial charge in [-0.25, -0.2) is 22.8 Å². The first-order chi connectivity index (χ1) is 11.8. The molecule has 2 heterocycles. The Labute approximate surface area is 147 Å². The van der Waals surface area contributed by atoms with E-state index in [4.69, 9.17) is 0 Å². The lowest BCUT2D eigenvalue weighted by molar-refractivity contribution is 0.560. The molecule has 0 aliphatic carbocycles. The molecule has 1 unspecified atom stereocenters. The number of nitrogens with zero attached hydrogens (tertiary/aromatic N) is 4. The van der Waals surface area contributed by atoms with Gasteiger partial charge in [0.1, 0.15) is 0 Å². The number of nitrogens with one attached hydrogen (secondary N) is 1. The number of hydrogen-bond donors (Lipinski definition) is 1. The molecule has 0 fully saturated rings. The van der Waals surface area contributed by atoms with Gasteiger partial charge >= 0.3 is 0 Å². The average Bonchev–Trinajstić information content (AvgIpc) is 2.98. The number of fused-ring (bicyclic) bond motifs is 1. The fourth-order valence-corrected chi connectivity index (χ4v) is 3.42. The van der Waals surface area contributed by atoms with E-state index in [9.17, 15) is 8.42 Å². The number of hydrogen-bond acceptors (Lipinski definition) is 5. The summed E-state index contributed by atoms with van der Waals surface area (Å²) in [6, 6.07) is 9.14. The normalized spacial score (nSPS) is 13.5. The van der Waals surface area contributed by atoms with Gasteiger partial charge in [-0.05, 0) is 19.1 Å². The number of sulfonamides is 1. The molecule has 132 valence electrons. The van der Waals surface area contributed by atoms with Gasteiger partial charge in [-0.3, -0.25) is 4.98 Å². The highest BCUT2D eigenvalue weighted by atomic mass is 32.2. The van der Waals surface area contributed by atoms with E-state index in [0.29, 0.717) is 11.6 Å². The van der Waals surface area contributed by atoms with E-state index in [1.54, 1.807) is 17.8 Å². The summed E-state index contributed by atoms with van der Waals surface area (Å²) in [7, 11) is -3.37. The third-order valence-electron chi connectivity index (χ3n) is 3.78. The molecule has 1 N–H and O–H groups in total. The van der Waals surface area contributed by atoms with Crippen molar-refractivity contribution >= 4 is 20.9 Å². The van der Waals surface area contributed by atoms with Crippen LogP contribution in [0.5, 0.6) is 0 Å². The highest BCUT2D eigenvalue weighted by molar-refractivity contribution is 7.88. The van der Waals surface area contributed by atoms with E-state index in [1.165, 1.54) is 0 Å². The average molecular weight is 359 g/mol. The second-order valence-electron chi connectivity index (χ2n) is 6.36. The summed E-state index contributed by atoms with van der Waals surface area (Å²) in [5, 5.41) is 5.59. The van der Waals surface area contributed by atoms with Gasteiger partial charge in [-0.1, -0.05) is 32.0 Å². The highest BCUT2D eigenvalue weighted by Gasteiger charge is 2.22. The first-order valence-corrected chi connectivity index (χ1v) is 9.93. The Bertz CT molecular complexity index is 1010. The minimum atomic E-state index is -3.37. The second kappa shape index (κ2) is 6.53. The number of para-hydroxylation sites is 1. The molecule has 0 radical (unpaired) electrons. The van der Waals surface area contributed by atoms with Crippen molar-refractivity contribution in [2.75, 3.05) is 6.26 Å². The topological polar surface area (TPSA) is 89.8 Å². The quantitative estimate of drug-likeness (QED) is 0.756. The first-order valence-electron chi connectivity index (χ1n) is 8.04. The predicted octanol–water partition coefficient (Wildman–Crippen LogP) is 2.55. The number of benzene rings is 1. The van der Waals surface area contributed by atoms with E-state index in [2.05, 4.69) is 19.8 Å². The zero-order chi connectivity index (χ0) is 18.2. The van der Waals surface area contributed by atoms with Crippen molar-refractivity contribution in [2.24, 2.45) is 0 Å². The van der Waals surface area contributed by atoms with Gasteiger partial charge in [0.15, 0.2) is 11.6 Å². The lowest BCUT2D eigenvalue weighted by atomic mass is 10.2. The summed E-state index contributed by atoms with van der Waals surface area (Å²) in [6.07, 6.45) is 2.86. The fourth-order valence-electron chi connectivity index (χ4n) is 2.68. The third kappa shape index (κ3) is 3.69. The SMILES string of the molecule is CC(C)c1nc(C(C)NS(C)(=O)=O)n(-c2cccc3cccnc23)n1. The highest BCUT2D eigenvalue weighted by Crippen LogP contribution is 2.24. The molecule has 25 heavy (non-hydrogen) atoms. The minimum Gasteiger partial charge on any atom is -0.254 e. The largest absolute Gasteiger partial charge is 0.254 e. The Morgan fingerprint density at radius 3 is 2.52 bits per heavy atom. The van der Waals surface area contributed by atoms with Gasteiger partial charge in [0.05, 0.1) is 23.5 Å². The molecular weight excluding hydrogens is 338 g/mol. The monoisotopic (exact) mass is 359 g/mol. The lowest BCUT2D eigenvalue weighted by Crippen LogP contribution is -2.27. The zero-order valence-corrected chi connectivity index (χ0v) is 15.4. The summed E-state index contributed by atoms with van der Waals surface area (Å²) < 4.78 is 27.5. The fraction of sp³-hybridized carbons (Fsp3) is 0.353. The maximum absolute atomic E-state index is 11.6. The maximum atomic E-state index is 11.6. The van der Waals surface area contributed by atoms with Crippen molar-refractivity contribution < 1.29 is 8.42 Å². The van der Waals surface area contributed by atoms with Crippen LogP contribution >= 0.6 is 0 Å². The van der Waals surface area contributed by atoms with E-state index in [0.717, 1.165) is 22.8 Å². The zero-order valence-electron chi connectivity index (χ0n) is 14.6. The van der Waals surface area contributed by atoms with E-state index in [1.807, 2.05) is 44.2 Å². The van der Waals surface area contributed by atoms with E-state index < -0.39 is 16.1 Å². The molecule has 0 amide bonds. The van der Waals surface area contributed by atoms with Gasteiger partial charge in [0.2, 0.25) is 10.0 Å². The van der Waals surface area contributed by atoms with Gasteiger partial charge in [0.25, 0.3) is 0 Å². The van der Waals surface area contributed by atoms with Crippen molar-refractivity contribution in [1.29, 1.82) is 0 Å². The molecular formula is C17H21N5O2S. The Balaban J connectivity index is 2.20. The Morgan fingerprint density at radius 2 is 1.84 bits per heavy atom. The number of rotatable bonds is 5. The molecule has 0 saturated carbocycles. The van der Waals surface area contributed by atoms with Crippen LogP contribution in [-0.2, 0) is 10.0 Å². The van der Waals surface area contributed by atoms with Crippen LogP contribution in [0.1, 0.15) is 44.4 Å². The summed E-state index contributed by atoms with van der Waals surface area (Å²) in [6.45, 7) is 5.75. The summed E-state index contributed by atoms with van der Waals surface area (Å²) >= 11 is 0. The first kappa shape index (κ1) is 17.5. The Kier molecular flexibility index (Phi) is 4.57. The van der Waals surface area contributed by atoms with Crippen LogP contribution < -0.4 is 4.72 Å². The molecule has 0 saturated heterocycles. The maximum Gasteiger partial charge on any atom is 0.209 e. The predicted molar refractivity (Wildman–Crippen MR) is 97.1 cm³/mol. The van der Waals surface area contributed by atoms with Crippen LogP contribution in [-0.4, -0.2) is 34.4 Å². The van der Waals surface area contributed by atoms with Gasteiger partial charge in [-0.15, -0.1) is 0 Å². The van der Waals surface area contributed by atoms with Crippen LogP contribution in [0.15, 0.2) is 36.5 Å². The summed E-state index contributed by atoms with van der Waals surface area (Å²) in [5.41, 5.74) is 1.56. The van der Waals surface area contributed by atoms with Crippen molar-refractivity contribution in [1.82, 2.24) is 24.5 Å². The van der Waals surface area contributed by atoms with Crippen LogP contribution in [0.25, 0.3) is 16.6 Å². The molecule has 1 aromatic carbocycles. The van der Waals surface area contributed by atoms with Crippen LogP contribution in [0.3, 0.4) is 0 Å². The van der Waals surface area contributed by atoms with Crippen molar-refractivity contribution in [2.45, 2.75) is 32.7 Å². The Hall–Kier alpha value is -2.32. The summed E-state index contributed by atoms with van der Waals surface area (Å²) in [4.78, 5) is 9.03. The lowest BCUT2D eigenvalue weighted by Gasteiger charge is -2.14. The number of aromatic nitrogens is 4. The molecule has 0 spiro atoms. The molecule has 0 aliphatic heterocycles. The van der Waals surface area contributed by atoms with Gasteiger partial charge in [0, 0.05) is 17.5 Å². The molecule has 0 aliphatic rings.